The molecule has 0 atom stereocenters. The van der Waals surface area contributed by atoms with Crippen molar-refractivity contribution in [2.24, 2.45) is 7.05 Å². The van der Waals surface area contributed by atoms with E-state index in [4.69, 9.17) is 9.47 Å². The molecule has 3 aromatic rings. The van der Waals surface area contributed by atoms with Gasteiger partial charge >= 0.3 is 0 Å². The molecule has 0 saturated carbocycles. The average Bonchev–Trinajstić information content (AvgIpc) is 3.02. The number of nitrogens with one attached hydrogen (secondary N) is 2. The molecule has 26 heavy (non-hydrogen) atoms. The first-order chi connectivity index (χ1) is 12.5. The maximum Gasteiger partial charge on any atom is 0.273 e. The Kier molecular flexibility index (Phi) is 4.79. The van der Waals surface area contributed by atoms with Crippen LogP contribution in [0.4, 0.5) is 0 Å². The van der Waals surface area contributed by atoms with Crippen molar-refractivity contribution in [3.05, 3.63) is 59.8 Å². The molecule has 7 heteroatoms. The maximum absolute atomic E-state index is 12.5. The number of benzene rings is 2. The number of hydrazine groups is 1. The molecule has 1 aromatic heterocycles. The summed E-state index contributed by atoms with van der Waals surface area (Å²) in [6.07, 6.45) is 1.72. The van der Waals surface area contributed by atoms with Crippen LogP contribution in [0.25, 0.3) is 10.9 Å². The summed E-state index contributed by atoms with van der Waals surface area (Å²) < 4.78 is 12.2. The standard InChI is InChI=1S/C19H19N3O4/c1-22-11-15(13-6-4-5-7-16(13)22)19(24)21-20-18(23)14-9-8-12(25-2)10-17(14)26-3/h4-11H,1-3H3,(H,20,23)(H,21,24). The summed E-state index contributed by atoms with van der Waals surface area (Å²) in [5.41, 5.74) is 6.55. The second-order valence-corrected chi connectivity index (χ2v) is 5.65. The summed E-state index contributed by atoms with van der Waals surface area (Å²) in [7, 11) is 4.85. The van der Waals surface area contributed by atoms with E-state index in [0.717, 1.165) is 10.9 Å². The monoisotopic (exact) mass is 353 g/mol. The predicted octanol–water partition coefficient (Wildman–Crippen LogP) is 2.27. The van der Waals surface area contributed by atoms with Crippen molar-refractivity contribution in [2.45, 2.75) is 0 Å². The molecule has 3 rings (SSSR count). The van der Waals surface area contributed by atoms with Gasteiger partial charge in [-0.1, -0.05) is 18.2 Å². The van der Waals surface area contributed by atoms with Crippen LogP contribution in [0.2, 0.25) is 0 Å². The van der Waals surface area contributed by atoms with E-state index in [-0.39, 0.29) is 5.56 Å². The lowest BCUT2D eigenvalue weighted by molar-refractivity contribution is 0.0845. The molecule has 0 bridgehead atoms. The number of hydrogen-bond donors (Lipinski definition) is 2. The number of para-hydroxylation sites is 1. The summed E-state index contributed by atoms with van der Waals surface area (Å²) in [6.45, 7) is 0. The van der Waals surface area contributed by atoms with Gasteiger partial charge in [0.05, 0.1) is 25.3 Å². The van der Waals surface area contributed by atoms with Crippen LogP contribution in [0, 0.1) is 0 Å². The number of fused-ring (bicyclic) bond motifs is 1. The number of amides is 2. The van der Waals surface area contributed by atoms with Crippen molar-refractivity contribution in [1.82, 2.24) is 15.4 Å². The zero-order valence-corrected chi connectivity index (χ0v) is 14.7. The van der Waals surface area contributed by atoms with Crippen molar-refractivity contribution >= 4 is 22.7 Å². The number of hydrogen-bond acceptors (Lipinski definition) is 4. The van der Waals surface area contributed by atoms with Crippen LogP contribution in [0.15, 0.2) is 48.7 Å². The van der Waals surface area contributed by atoms with E-state index in [1.807, 2.05) is 35.9 Å². The van der Waals surface area contributed by atoms with E-state index >= 15 is 0 Å². The fourth-order valence-corrected chi connectivity index (χ4v) is 2.76. The molecule has 0 unspecified atom stereocenters. The van der Waals surface area contributed by atoms with Crippen molar-refractivity contribution in [3.8, 4) is 11.5 Å². The molecule has 0 saturated heterocycles. The van der Waals surface area contributed by atoms with Crippen molar-refractivity contribution < 1.29 is 19.1 Å². The minimum atomic E-state index is -0.488. The molecule has 0 spiro atoms. The van der Waals surface area contributed by atoms with Gasteiger partial charge in [0.2, 0.25) is 0 Å². The SMILES string of the molecule is COc1ccc(C(=O)NNC(=O)c2cn(C)c3ccccc23)c(OC)c1. The van der Waals surface area contributed by atoms with Gasteiger partial charge in [0.25, 0.3) is 11.8 Å². The Morgan fingerprint density at radius 1 is 0.923 bits per heavy atom. The zero-order valence-electron chi connectivity index (χ0n) is 14.7. The second-order valence-electron chi connectivity index (χ2n) is 5.65. The molecule has 2 aromatic carbocycles. The van der Waals surface area contributed by atoms with Crippen molar-refractivity contribution in [1.29, 1.82) is 0 Å². The number of ether oxygens (including phenoxy) is 2. The van der Waals surface area contributed by atoms with Gasteiger partial charge in [0.15, 0.2) is 0 Å². The van der Waals surface area contributed by atoms with E-state index in [1.54, 1.807) is 24.4 Å². The third kappa shape index (κ3) is 3.19. The van der Waals surface area contributed by atoms with E-state index in [2.05, 4.69) is 10.9 Å². The van der Waals surface area contributed by atoms with E-state index in [1.165, 1.54) is 14.2 Å². The second kappa shape index (κ2) is 7.18. The Bertz CT molecular complexity index is 978. The highest BCUT2D eigenvalue weighted by Crippen LogP contribution is 2.24. The number of methoxy groups -OCH3 is 2. The smallest absolute Gasteiger partial charge is 0.273 e. The number of rotatable bonds is 4. The Morgan fingerprint density at radius 3 is 2.31 bits per heavy atom. The molecule has 0 aliphatic carbocycles. The van der Waals surface area contributed by atoms with Gasteiger partial charge in [-0.3, -0.25) is 20.4 Å². The largest absolute Gasteiger partial charge is 0.497 e. The number of aryl methyl sites for hydroxylation is 1. The molecular formula is C19H19N3O4. The fraction of sp³-hybridized carbons (Fsp3) is 0.158. The summed E-state index contributed by atoms with van der Waals surface area (Å²) in [5.74, 6) is 0.0279. The first kappa shape index (κ1) is 17.3. The number of carbonyl (C=O) groups is 2. The lowest BCUT2D eigenvalue weighted by Gasteiger charge is -2.11. The molecule has 0 aliphatic rings. The minimum absolute atomic E-state index is 0.284. The molecule has 7 nitrogen and oxygen atoms in total. The van der Waals surface area contributed by atoms with E-state index in [9.17, 15) is 9.59 Å². The Balaban J connectivity index is 1.76. The van der Waals surface area contributed by atoms with Gasteiger partial charge in [0.1, 0.15) is 11.5 Å². The van der Waals surface area contributed by atoms with Crippen LogP contribution < -0.4 is 20.3 Å². The fourth-order valence-electron chi connectivity index (χ4n) is 2.76. The van der Waals surface area contributed by atoms with Crippen LogP contribution in [0.5, 0.6) is 11.5 Å². The first-order valence-electron chi connectivity index (χ1n) is 7.92. The normalized spacial score (nSPS) is 10.4. The van der Waals surface area contributed by atoms with Crippen LogP contribution in [-0.2, 0) is 7.05 Å². The van der Waals surface area contributed by atoms with Gasteiger partial charge < -0.3 is 14.0 Å². The lowest BCUT2D eigenvalue weighted by atomic mass is 10.1. The molecule has 134 valence electrons. The van der Waals surface area contributed by atoms with E-state index < -0.39 is 11.8 Å². The summed E-state index contributed by atoms with van der Waals surface area (Å²) in [4.78, 5) is 24.8. The van der Waals surface area contributed by atoms with Gasteiger partial charge in [0, 0.05) is 30.2 Å². The lowest BCUT2D eigenvalue weighted by Crippen LogP contribution is -2.41. The van der Waals surface area contributed by atoms with Crippen molar-refractivity contribution in [3.63, 3.8) is 0 Å². The highest BCUT2D eigenvalue weighted by molar-refractivity contribution is 6.08. The van der Waals surface area contributed by atoms with Crippen molar-refractivity contribution in [2.75, 3.05) is 14.2 Å². The van der Waals surface area contributed by atoms with Crippen LogP contribution in [0.3, 0.4) is 0 Å². The molecule has 2 amide bonds. The summed E-state index contributed by atoms with van der Waals surface area (Å²) >= 11 is 0. The highest BCUT2D eigenvalue weighted by Gasteiger charge is 2.17. The minimum Gasteiger partial charge on any atom is -0.497 e. The molecule has 1 heterocycles. The summed E-state index contributed by atoms with van der Waals surface area (Å²) in [6, 6.07) is 12.4. The van der Waals surface area contributed by atoms with Crippen LogP contribution in [0.1, 0.15) is 20.7 Å². The number of nitrogens with zero attached hydrogens (tertiary/aromatic N) is 1. The third-order valence-electron chi connectivity index (χ3n) is 4.08. The Morgan fingerprint density at radius 2 is 1.62 bits per heavy atom. The Hall–Kier alpha value is -3.48. The molecule has 0 radical (unpaired) electrons. The van der Waals surface area contributed by atoms with Gasteiger partial charge in [-0.25, -0.2) is 0 Å². The van der Waals surface area contributed by atoms with Gasteiger partial charge in [-0.05, 0) is 18.2 Å². The maximum atomic E-state index is 12.5. The van der Waals surface area contributed by atoms with Crippen LogP contribution in [-0.4, -0.2) is 30.6 Å². The highest BCUT2D eigenvalue weighted by atomic mass is 16.5. The van der Waals surface area contributed by atoms with Crippen LogP contribution >= 0.6 is 0 Å². The molecule has 0 fully saturated rings. The third-order valence-corrected chi connectivity index (χ3v) is 4.08. The average molecular weight is 353 g/mol. The topological polar surface area (TPSA) is 81.6 Å². The zero-order chi connectivity index (χ0) is 18.7. The Labute approximate surface area is 150 Å². The first-order valence-corrected chi connectivity index (χ1v) is 7.92. The van der Waals surface area contributed by atoms with Gasteiger partial charge in [-0.15, -0.1) is 0 Å². The van der Waals surface area contributed by atoms with Gasteiger partial charge in [-0.2, -0.15) is 0 Å². The number of carbonyl (C=O) groups excluding carboxylic acids is 2. The predicted molar refractivity (Wildman–Crippen MR) is 97.4 cm³/mol. The van der Waals surface area contributed by atoms with E-state index in [0.29, 0.717) is 17.1 Å². The summed E-state index contributed by atoms with van der Waals surface area (Å²) in [5, 5.41) is 0.809. The molecule has 2 N–H and O–H groups in total. The number of aromatic nitrogens is 1. The molecule has 0 aliphatic heterocycles. The molecular weight excluding hydrogens is 334 g/mol. The quantitative estimate of drug-likeness (QED) is 0.705.